The maximum absolute atomic E-state index is 12.4. The Kier molecular flexibility index (Phi) is 8.30. The number of aromatic nitrogens is 1. The first-order chi connectivity index (χ1) is 14.3. The first kappa shape index (κ1) is 22.8. The standard InChI is InChI=1S/C21H27N5O4/c1-15-7-5-10-18(22-15)24-19(27)12-25(2)14-21(29)26(3)13-20(28)23-16-8-6-9-17(11-16)30-4/h5-11H,12-14H2,1-4H3,(H,23,28)(H,22,24,27). The molecule has 2 aromatic rings. The number of pyridine rings is 1. The van der Waals surface area contributed by atoms with Crippen LogP contribution in [0, 0.1) is 6.92 Å². The van der Waals surface area contributed by atoms with Gasteiger partial charge in [0.05, 0.1) is 26.7 Å². The molecule has 0 saturated heterocycles. The van der Waals surface area contributed by atoms with Crippen molar-refractivity contribution in [2.24, 2.45) is 0 Å². The third kappa shape index (κ3) is 7.51. The van der Waals surface area contributed by atoms with Crippen LogP contribution in [0.3, 0.4) is 0 Å². The Hall–Kier alpha value is -3.46. The van der Waals surface area contributed by atoms with E-state index >= 15 is 0 Å². The number of carbonyl (C=O) groups is 3. The summed E-state index contributed by atoms with van der Waals surface area (Å²) in [4.78, 5) is 43.8. The van der Waals surface area contributed by atoms with Crippen LogP contribution in [0.2, 0.25) is 0 Å². The fraction of sp³-hybridized carbons (Fsp3) is 0.333. The number of likely N-dealkylation sites (N-methyl/N-ethyl adjacent to an activating group) is 2. The van der Waals surface area contributed by atoms with Gasteiger partial charge >= 0.3 is 0 Å². The molecule has 9 heteroatoms. The lowest BCUT2D eigenvalue weighted by atomic mass is 10.3. The number of carbonyl (C=O) groups excluding carboxylic acids is 3. The van der Waals surface area contributed by atoms with Crippen molar-refractivity contribution in [2.45, 2.75) is 6.92 Å². The van der Waals surface area contributed by atoms with Crippen LogP contribution in [-0.4, -0.2) is 73.3 Å². The Balaban J connectivity index is 1.78. The van der Waals surface area contributed by atoms with E-state index in [-0.39, 0.29) is 37.4 Å². The van der Waals surface area contributed by atoms with E-state index in [1.165, 1.54) is 11.9 Å². The van der Waals surface area contributed by atoms with E-state index in [1.807, 2.05) is 13.0 Å². The molecule has 160 valence electrons. The molecule has 0 fully saturated rings. The highest BCUT2D eigenvalue weighted by Crippen LogP contribution is 2.16. The molecule has 1 aromatic carbocycles. The molecule has 0 aliphatic carbocycles. The van der Waals surface area contributed by atoms with E-state index < -0.39 is 0 Å². The predicted octanol–water partition coefficient (Wildman–Crippen LogP) is 1.37. The summed E-state index contributed by atoms with van der Waals surface area (Å²) in [5.41, 5.74) is 1.38. The molecule has 0 radical (unpaired) electrons. The van der Waals surface area contributed by atoms with Crippen LogP contribution in [0.5, 0.6) is 5.75 Å². The molecule has 3 amide bonds. The molecule has 2 rings (SSSR count). The lowest BCUT2D eigenvalue weighted by Crippen LogP contribution is -2.42. The van der Waals surface area contributed by atoms with Gasteiger partial charge in [0.1, 0.15) is 11.6 Å². The van der Waals surface area contributed by atoms with E-state index in [0.717, 1.165) is 5.69 Å². The smallest absolute Gasteiger partial charge is 0.243 e. The molecule has 0 spiro atoms. The van der Waals surface area contributed by atoms with Crippen molar-refractivity contribution in [3.05, 3.63) is 48.2 Å². The number of nitrogens with one attached hydrogen (secondary N) is 2. The SMILES string of the molecule is COc1cccc(NC(=O)CN(C)C(=O)CN(C)CC(=O)Nc2cccc(C)n2)c1. The predicted molar refractivity (Wildman–Crippen MR) is 114 cm³/mol. The summed E-state index contributed by atoms with van der Waals surface area (Å²) >= 11 is 0. The van der Waals surface area contributed by atoms with Gasteiger partial charge in [0.2, 0.25) is 17.7 Å². The summed E-state index contributed by atoms with van der Waals surface area (Å²) in [6.07, 6.45) is 0. The van der Waals surface area contributed by atoms with Gasteiger partial charge in [-0.1, -0.05) is 12.1 Å². The number of ether oxygens (including phenoxy) is 1. The van der Waals surface area contributed by atoms with Gasteiger partial charge in [-0.25, -0.2) is 4.98 Å². The van der Waals surface area contributed by atoms with Crippen molar-refractivity contribution in [3.63, 3.8) is 0 Å². The Morgan fingerprint density at radius 1 is 0.967 bits per heavy atom. The fourth-order valence-electron chi connectivity index (χ4n) is 2.65. The van der Waals surface area contributed by atoms with Gasteiger partial charge in [0.25, 0.3) is 0 Å². The lowest BCUT2D eigenvalue weighted by molar-refractivity contribution is -0.134. The zero-order valence-electron chi connectivity index (χ0n) is 17.6. The van der Waals surface area contributed by atoms with Crippen LogP contribution >= 0.6 is 0 Å². The Bertz CT molecular complexity index is 902. The minimum atomic E-state index is -0.329. The van der Waals surface area contributed by atoms with Crippen molar-refractivity contribution in [1.29, 1.82) is 0 Å². The molecular weight excluding hydrogens is 386 g/mol. The van der Waals surface area contributed by atoms with Crippen molar-refractivity contribution in [1.82, 2.24) is 14.8 Å². The van der Waals surface area contributed by atoms with Gasteiger partial charge in [0, 0.05) is 24.5 Å². The second kappa shape index (κ2) is 10.9. The first-order valence-corrected chi connectivity index (χ1v) is 9.36. The molecule has 1 aromatic heterocycles. The molecule has 0 aliphatic rings. The minimum Gasteiger partial charge on any atom is -0.497 e. The number of benzene rings is 1. The van der Waals surface area contributed by atoms with Crippen molar-refractivity contribution < 1.29 is 19.1 Å². The van der Waals surface area contributed by atoms with Gasteiger partial charge in [-0.3, -0.25) is 19.3 Å². The largest absolute Gasteiger partial charge is 0.497 e. The zero-order valence-corrected chi connectivity index (χ0v) is 17.6. The lowest BCUT2D eigenvalue weighted by Gasteiger charge is -2.21. The second-order valence-electron chi connectivity index (χ2n) is 6.91. The number of hydrogen-bond acceptors (Lipinski definition) is 6. The molecule has 9 nitrogen and oxygen atoms in total. The van der Waals surface area contributed by atoms with Crippen molar-refractivity contribution >= 4 is 29.2 Å². The first-order valence-electron chi connectivity index (χ1n) is 9.36. The summed E-state index contributed by atoms with van der Waals surface area (Å²) in [5.74, 6) is 0.204. The maximum Gasteiger partial charge on any atom is 0.243 e. The summed E-state index contributed by atoms with van der Waals surface area (Å²) in [6.45, 7) is 1.74. The number of amides is 3. The van der Waals surface area contributed by atoms with E-state index in [2.05, 4.69) is 15.6 Å². The van der Waals surface area contributed by atoms with Gasteiger partial charge < -0.3 is 20.3 Å². The molecule has 0 bridgehead atoms. The number of rotatable bonds is 9. The third-order valence-electron chi connectivity index (χ3n) is 4.13. The molecule has 30 heavy (non-hydrogen) atoms. The summed E-state index contributed by atoms with van der Waals surface area (Å²) in [5, 5.41) is 5.42. The highest BCUT2D eigenvalue weighted by molar-refractivity contribution is 5.95. The van der Waals surface area contributed by atoms with Gasteiger partial charge in [0.15, 0.2) is 0 Å². The molecule has 0 unspecified atom stereocenters. The van der Waals surface area contributed by atoms with E-state index in [1.54, 1.807) is 55.5 Å². The highest BCUT2D eigenvalue weighted by Gasteiger charge is 2.17. The average molecular weight is 413 g/mol. The monoisotopic (exact) mass is 413 g/mol. The third-order valence-corrected chi connectivity index (χ3v) is 4.13. The van der Waals surface area contributed by atoms with Gasteiger partial charge in [-0.2, -0.15) is 0 Å². The van der Waals surface area contributed by atoms with Crippen LogP contribution < -0.4 is 15.4 Å². The van der Waals surface area contributed by atoms with E-state index in [9.17, 15) is 14.4 Å². The molecule has 0 aliphatic heterocycles. The normalized spacial score (nSPS) is 10.4. The molecular formula is C21H27N5O4. The van der Waals surface area contributed by atoms with Gasteiger partial charge in [-0.15, -0.1) is 0 Å². The van der Waals surface area contributed by atoms with Crippen LogP contribution in [0.4, 0.5) is 11.5 Å². The topological polar surface area (TPSA) is 104 Å². The Morgan fingerprint density at radius 3 is 2.37 bits per heavy atom. The molecule has 0 saturated carbocycles. The number of nitrogens with zero attached hydrogens (tertiary/aromatic N) is 3. The summed E-state index contributed by atoms with van der Waals surface area (Å²) in [7, 11) is 4.74. The van der Waals surface area contributed by atoms with E-state index in [0.29, 0.717) is 17.3 Å². The molecule has 0 atom stereocenters. The second-order valence-corrected chi connectivity index (χ2v) is 6.91. The zero-order chi connectivity index (χ0) is 22.1. The summed E-state index contributed by atoms with van der Waals surface area (Å²) < 4.78 is 5.12. The Labute approximate surface area is 176 Å². The van der Waals surface area contributed by atoms with Crippen molar-refractivity contribution in [2.75, 3.05) is 51.5 Å². The minimum absolute atomic E-state index is 0.00238. The maximum atomic E-state index is 12.4. The number of hydrogen-bond donors (Lipinski definition) is 2. The van der Waals surface area contributed by atoms with Crippen LogP contribution in [-0.2, 0) is 14.4 Å². The molecule has 2 N–H and O–H groups in total. The number of anilines is 2. The number of methoxy groups -OCH3 is 1. The average Bonchev–Trinajstić information content (AvgIpc) is 2.67. The fourth-order valence-corrected chi connectivity index (χ4v) is 2.65. The molecule has 1 heterocycles. The summed E-state index contributed by atoms with van der Waals surface area (Å²) in [6, 6.07) is 12.3. The van der Waals surface area contributed by atoms with Gasteiger partial charge in [-0.05, 0) is 38.2 Å². The number of aryl methyl sites for hydroxylation is 1. The van der Waals surface area contributed by atoms with Crippen LogP contribution in [0.15, 0.2) is 42.5 Å². The Morgan fingerprint density at radius 2 is 1.67 bits per heavy atom. The van der Waals surface area contributed by atoms with Crippen molar-refractivity contribution in [3.8, 4) is 5.75 Å². The van der Waals surface area contributed by atoms with Crippen LogP contribution in [0.1, 0.15) is 5.69 Å². The highest BCUT2D eigenvalue weighted by atomic mass is 16.5. The van der Waals surface area contributed by atoms with E-state index in [4.69, 9.17) is 4.74 Å². The van der Waals surface area contributed by atoms with Crippen LogP contribution in [0.25, 0.3) is 0 Å². The quantitative estimate of drug-likeness (QED) is 0.644.